The Bertz CT molecular complexity index is 594. The van der Waals surface area contributed by atoms with Crippen molar-refractivity contribution >= 4 is 21.7 Å². The van der Waals surface area contributed by atoms with E-state index in [-0.39, 0.29) is 5.56 Å². The van der Waals surface area contributed by atoms with Crippen molar-refractivity contribution in [3.8, 4) is 0 Å². The first-order valence-corrected chi connectivity index (χ1v) is 6.89. The smallest absolute Gasteiger partial charge is 0.265 e. The van der Waals surface area contributed by atoms with Crippen LogP contribution >= 0.6 is 15.9 Å². The molecule has 0 spiro atoms. The quantitative estimate of drug-likeness (QED) is 0.917. The molecule has 0 fully saturated rings. The van der Waals surface area contributed by atoms with Crippen LogP contribution in [0.1, 0.15) is 19.0 Å². The molecule has 0 bridgehead atoms. The van der Waals surface area contributed by atoms with Gasteiger partial charge in [-0.25, -0.2) is 4.98 Å². The SMILES string of the molecule is CCCNc1cnc(Cn2cccc(Br)c2=O)cn1. The molecule has 1 N–H and O–H groups in total. The van der Waals surface area contributed by atoms with E-state index >= 15 is 0 Å². The second-order valence-corrected chi connectivity index (χ2v) is 4.96. The predicted molar refractivity (Wildman–Crippen MR) is 78.3 cm³/mol. The lowest BCUT2D eigenvalue weighted by Crippen LogP contribution is -2.20. The number of halogens is 1. The summed E-state index contributed by atoms with van der Waals surface area (Å²) in [5.74, 6) is 0.757. The van der Waals surface area contributed by atoms with Crippen molar-refractivity contribution in [3.05, 3.63) is 51.2 Å². The number of rotatable bonds is 5. The Morgan fingerprint density at radius 1 is 1.37 bits per heavy atom. The first kappa shape index (κ1) is 13.7. The van der Waals surface area contributed by atoms with E-state index in [4.69, 9.17) is 0 Å². The number of pyridine rings is 1. The van der Waals surface area contributed by atoms with Gasteiger partial charge in [0.25, 0.3) is 5.56 Å². The third-order valence-electron chi connectivity index (χ3n) is 2.57. The molecule has 5 nitrogen and oxygen atoms in total. The summed E-state index contributed by atoms with van der Waals surface area (Å²) in [5, 5.41) is 3.16. The van der Waals surface area contributed by atoms with Crippen molar-refractivity contribution in [2.24, 2.45) is 0 Å². The number of anilines is 1. The van der Waals surface area contributed by atoms with E-state index in [9.17, 15) is 4.79 Å². The largest absolute Gasteiger partial charge is 0.369 e. The summed E-state index contributed by atoms with van der Waals surface area (Å²) in [5.41, 5.74) is 0.680. The van der Waals surface area contributed by atoms with Gasteiger partial charge in [-0.15, -0.1) is 0 Å². The molecular weight excluding hydrogens is 308 g/mol. The van der Waals surface area contributed by atoms with Crippen molar-refractivity contribution in [2.45, 2.75) is 19.9 Å². The molecular formula is C13H15BrN4O. The van der Waals surface area contributed by atoms with Crippen molar-refractivity contribution in [1.82, 2.24) is 14.5 Å². The summed E-state index contributed by atoms with van der Waals surface area (Å²) in [7, 11) is 0. The summed E-state index contributed by atoms with van der Waals surface area (Å²) in [6.45, 7) is 3.38. The van der Waals surface area contributed by atoms with E-state index in [2.05, 4.69) is 38.1 Å². The highest BCUT2D eigenvalue weighted by atomic mass is 79.9. The summed E-state index contributed by atoms with van der Waals surface area (Å²) >= 11 is 3.22. The van der Waals surface area contributed by atoms with Crippen LogP contribution in [0.25, 0.3) is 0 Å². The van der Waals surface area contributed by atoms with E-state index in [0.29, 0.717) is 11.0 Å². The van der Waals surface area contributed by atoms with Crippen LogP contribution in [-0.4, -0.2) is 21.1 Å². The number of hydrogen-bond donors (Lipinski definition) is 1. The highest BCUT2D eigenvalue weighted by Gasteiger charge is 2.02. The van der Waals surface area contributed by atoms with Gasteiger partial charge in [0.1, 0.15) is 5.82 Å². The maximum atomic E-state index is 11.8. The Hall–Kier alpha value is -1.69. The molecule has 2 aromatic heterocycles. The van der Waals surface area contributed by atoms with E-state index in [1.54, 1.807) is 29.2 Å². The van der Waals surface area contributed by atoms with Gasteiger partial charge < -0.3 is 9.88 Å². The minimum atomic E-state index is -0.0718. The summed E-state index contributed by atoms with van der Waals surface area (Å²) < 4.78 is 2.14. The molecule has 0 radical (unpaired) electrons. The lowest BCUT2D eigenvalue weighted by molar-refractivity contribution is 0.731. The Morgan fingerprint density at radius 3 is 2.89 bits per heavy atom. The van der Waals surface area contributed by atoms with E-state index in [1.807, 2.05) is 6.07 Å². The molecule has 0 amide bonds. The van der Waals surface area contributed by atoms with Crippen LogP contribution in [0.3, 0.4) is 0 Å². The van der Waals surface area contributed by atoms with Crippen LogP contribution < -0.4 is 10.9 Å². The van der Waals surface area contributed by atoms with Gasteiger partial charge in [0.15, 0.2) is 0 Å². The average Bonchev–Trinajstić information content (AvgIpc) is 2.43. The Morgan fingerprint density at radius 2 is 2.21 bits per heavy atom. The summed E-state index contributed by atoms with van der Waals surface area (Å²) in [6.07, 6.45) is 6.15. The van der Waals surface area contributed by atoms with Gasteiger partial charge >= 0.3 is 0 Å². The van der Waals surface area contributed by atoms with E-state index in [0.717, 1.165) is 24.5 Å². The van der Waals surface area contributed by atoms with E-state index in [1.165, 1.54) is 0 Å². The van der Waals surface area contributed by atoms with Crippen molar-refractivity contribution in [3.63, 3.8) is 0 Å². The van der Waals surface area contributed by atoms with Gasteiger partial charge in [0.05, 0.1) is 29.1 Å². The lowest BCUT2D eigenvalue weighted by atomic mass is 10.4. The molecule has 0 saturated heterocycles. The number of aromatic nitrogens is 3. The molecule has 100 valence electrons. The fourth-order valence-electron chi connectivity index (χ4n) is 1.59. The van der Waals surface area contributed by atoms with Crippen LogP contribution in [-0.2, 0) is 6.54 Å². The summed E-state index contributed by atoms with van der Waals surface area (Å²) in [6, 6.07) is 3.54. The zero-order valence-corrected chi connectivity index (χ0v) is 12.2. The van der Waals surface area contributed by atoms with Gasteiger partial charge in [-0.3, -0.25) is 9.78 Å². The van der Waals surface area contributed by atoms with Crippen LogP contribution in [0.5, 0.6) is 0 Å². The van der Waals surface area contributed by atoms with E-state index < -0.39 is 0 Å². The zero-order valence-electron chi connectivity index (χ0n) is 10.6. The number of hydrogen-bond acceptors (Lipinski definition) is 4. The molecule has 0 aliphatic heterocycles. The molecule has 0 unspecified atom stereocenters. The van der Waals surface area contributed by atoms with Gasteiger partial charge in [-0.2, -0.15) is 0 Å². The van der Waals surface area contributed by atoms with Crippen molar-refractivity contribution in [2.75, 3.05) is 11.9 Å². The topological polar surface area (TPSA) is 59.8 Å². The highest BCUT2D eigenvalue weighted by Crippen LogP contribution is 2.04. The predicted octanol–water partition coefficient (Wildman–Crippen LogP) is 2.27. The number of nitrogens with zero attached hydrogens (tertiary/aromatic N) is 3. The Balaban J connectivity index is 2.11. The molecule has 2 aromatic rings. The minimum absolute atomic E-state index is 0.0718. The first-order valence-electron chi connectivity index (χ1n) is 6.10. The molecule has 19 heavy (non-hydrogen) atoms. The zero-order chi connectivity index (χ0) is 13.7. The van der Waals surface area contributed by atoms with Crippen molar-refractivity contribution < 1.29 is 0 Å². The second-order valence-electron chi connectivity index (χ2n) is 4.11. The standard InChI is InChI=1S/C13H15BrN4O/c1-2-5-15-12-8-16-10(7-17-12)9-18-6-3-4-11(14)13(18)19/h3-4,6-8H,2,5,9H2,1H3,(H,15,17). The molecule has 6 heteroatoms. The molecule has 2 heterocycles. The van der Waals surface area contributed by atoms with Crippen LogP contribution in [0.2, 0.25) is 0 Å². The van der Waals surface area contributed by atoms with Gasteiger partial charge in [0, 0.05) is 12.7 Å². The van der Waals surface area contributed by atoms with Crippen LogP contribution in [0, 0.1) is 0 Å². The first-order chi connectivity index (χ1) is 9.20. The maximum absolute atomic E-state index is 11.8. The molecule has 2 rings (SSSR count). The normalized spacial score (nSPS) is 10.4. The monoisotopic (exact) mass is 322 g/mol. The minimum Gasteiger partial charge on any atom is -0.369 e. The van der Waals surface area contributed by atoms with Gasteiger partial charge in [-0.1, -0.05) is 6.92 Å². The Labute approximate surface area is 119 Å². The molecule has 0 saturated carbocycles. The third-order valence-corrected chi connectivity index (χ3v) is 3.17. The molecule has 0 aromatic carbocycles. The molecule has 0 aliphatic carbocycles. The van der Waals surface area contributed by atoms with Crippen LogP contribution in [0.15, 0.2) is 40.0 Å². The third kappa shape index (κ3) is 3.64. The fourth-order valence-corrected chi connectivity index (χ4v) is 1.97. The average molecular weight is 323 g/mol. The highest BCUT2D eigenvalue weighted by molar-refractivity contribution is 9.10. The van der Waals surface area contributed by atoms with Crippen LogP contribution in [0.4, 0.5) is 5.82 Å². The number of nitrogens with one attached hydrogen (secondary N) is 1. The summed E-state index contributed by atoms with van der Waals surface area (Å²) in [4.78, 5) is 20.4. The Kier molecular flexibility index (Phi) is 4.68. The molecule has 0 aliphatic rings. The second kappa shape index (κ2) is 6.47. The fraction of sp³-hybridized carbons (Fsp3) is 0.308. The molecule has 0 atom stereocenters. The van der Waals surface area contributed by atoms with Crippen molar-refractivity contribution in [1.29, 1.82) is 0 Å². The van der Waals surface area contributed by atoms with Gasteiger partial charge in [-0.05, 0) is 34.5 Å². The van der Waals surface area contributed by atoms with Gasteiger partial charge in [0.2, 0.25) is 0 Å². The maximum Gasteiger partial charge on any atom is 0.265 e. The lowest BCUT2D eigenvalue weighted by Gasteiger charge is -2.07.